The maximum Gasteiger partial charge on any atom is 0.415 e. The largest absolute Gasteiger partial charge is 0.508 e. The number of aromatic hydroxyl groups is 2. The molecule has 9 rings (SSSR count). The second kappa shape index (κ2) is 27.5. The fourth-order valence-corrected chi connectivity index (χ4v) is 11.2. The first-order valence-electron chi connectivity index (χ1n) is 29.8. The molecule has 3 aliphatic rings. The van der Waals surface area contributed by atoms with E-state index in [0.717, 1.165) is 11.1 Å². The van der Waals surface area contributed by atoms with E-state index in [1.807, 2.05) is 95.3 Å². The van der Waals surface area contributed by atoms with E-state index in [1.54, 1.807) is 49.1 Å². The van der Waals surface area contributed by atoms with Crippen LogP contribution in [-0.4, -0.2) is 144 Å². The van der Waals surface area contributed by atoms with Crippen molar-refractivity contribution in [1.82, 2.24) is 45.8 Å². The number of hydrogen-bond donors (Lipinski definition) is 6. The third-order valence-electron chi connectivity index (χ3n) is 16.1. The van der Waals surface area contributed by atoms with Gasteiger partial charge in [-0.1, -0.05) is 88.4 Å². The van der Waals surface area contributed by atoms with Gasteiger partial charge in [-0.2, -0.15) is 0 Å². The first-order chi connectivity index (χ1) is 41.7. The molecule has 1 unspecified atom stereocenters. The average molecular weight is 1190 g/mol. The van der Waals surface area contributed by atoms with E-state index in [4.69, 9.17) is 14.2 Å². The van der Waals surface area contributed by atoms with Crippen LogP contribution >= 0.6 is 0 Å². The van der Waals surface area contributed by atoms with Gasteiger partial charge in [0.1, 0.15) is 52.8 Å². The zero-order chi connectivity index (χ0) is 62.1. The molecular formula is C66H77N9O12. The summed E-state index contributed by atoms with van der Waals surface area (Å²) in [4.78, 5) is 101. The molecule has 21 heteroatoms. The van der Waals surface area contributed by atoms with Gasteiger partial charge in [-0.25, -0.2) is 4.79 Å². The maximum atomic E-state index is 14.5. The summed E-state index contributed by atoms with van der Waals surface area (Å²) < 4.78 is 19.1. The number of ketones is 1. The Bertz CT molecular complexity index is 3440. The second-order valence-corrected chi connectivity index (χ2v) is 23.5. The lowest BCUT2D eigenvalue weighted by atomic mass is 9.92. The number of epoxide rings is 1. The summed E-state index contributed by atoms with van der Waals surface area (Å²) in [5.41, 5.74) is 2.37. The molecule has 87 heavy (non-hydrogen) atoms. The quantitative estimate of drug-likeness (QED) is 0.0319. The molecule has 6 aromatic rings. The van der Waals surface area contributed by atoms with E-state index in [9.17, 15) is 43.8 Å². The third-order valence-corrected chi connectivity index (χ3v) is 16.1. The number of phenolic OH excluding ortho intramolecular Hbond substituents is 2. The molecule has 458 valence electrons. The number of amides is 6. The summed E-state index contributed by atoms with van der Waals surface area (Å²) in [6, 6.07) is 30.3. The summed E-state index contributed by atoms with van der Waals surface area (Å²) in [6.07, 6.45) is 1.55. The van der Waals surface area contributed by atoms with Gasteiger partial charge in [-0.3, -0.25) is 33.3 Å². The number of benzene rings is 5. The van der Waals surface area contributed by atoms with Gasteiger partial charge in [-0.15, -0.1) is 10.2 Å². The van der Waals surface area contributed by atoms with Gasteiger partial charge in [0, 0.05) is 62.3 Å². The molecule has 0 radical (unpaired) electrons. The Morgan fingerprint density at radius 1 is 0.770 bits per heavy atom. The molecule has 0 spiro atoms. The number of carbonyl (C=O) groups excluding carboxylic acids is 7. The lowest BCUT2D eigenvalue weighted by Crippen LogP contribution is -2.57. The van der Waals surface area contributed by atoms with E-state index in [0.29, 0.717) is 62.3 Å². The van der Waals surface area contributed by atoms with Crippen LogP contribution in [0.4, 0.5) is 4.79 Å². The minimum absolute atomic E-state index is 0.000737. The van der Waals surface area contributed by atoms with Crippen LogP contribution in [0.3, 0.4) is 0 Å². The Balaban J connectivity index is 0.807. The normalized spacial score (nSPS) is 18.6. The predicted molar refractivity (Wildman–Crippen MR) is 323 cm³/mol. The minimum atomic E-state index is -1.08. The lowest BCUT2D eigenvalue weighted by molar-refractivity contribution is -0.142. The molecule has 0 aliphatic carbocycles. The van der Waals surface area contributed by atoms with Crippen molar-refractivity contribution in [2.75, 3.05) is 26.2 Å². The molecule has 0 saturated carbocycles. The van der Waals surface area contributed by atoms with E-state index in [1.165, 1.54) is 39.8 Å². The van der Waals surface area contributed by atoms with E-state index >= 15 is 0 Å². The number of aryl methyl sites for hydroxylation is 1. The first kappa shape index (κ1) is 62.4. The van der Waals surface area contributed by atoms with Crippen LogP contribution in [0.5, 0.6) is 23.0 Å². The van der Waals surface area contributed by atoms with E-state index in [2.05, 4.69) is 31.5 Å². The van der Waals surface area contributed by atoms with Crippen LogP contribution in [-0.2, 0) is 36.8 Å². The highest BCUT2D eigenvalue weighted by Gasteiger charge is 2.51. The maximum absolute atomic E-state index is 14.5. The van der Waals surface area contributed by atoms with Crippen molar-refractivity contribution in [3.05, 3.63) is 149 Å². The molecule has 6 amide bonds. The number of phenols is 2. The van der Waals surface area contributed by atoms with Crippen LogP contribution < -0.4 is 30.7 Å². The first-order valence-corrected chi connectivity index (χ1v) is 29.8. The molecule has 3 saturated heterocycles. The molecule has 1 aromatic heterocycles. The molecule has 6 N–H and O–H groups in total. The lowest BCUT2D eigenvalue weighted by Gasteiger charge is -2.33. The summed E-state index contributed by atoms with van der Waals surface area (Å²) in [7, 11) is 0. The average Bonchev–Trinajstić information content (AvgIpc) is 1.86. The second-order valence-electron chi connectivity index (χ2n) is 23.5. The molecule has 3 aliphatic heterocycles. The van der Waals surface area contributed by atoms with Gasteiger partial charge in [0.05, 0.1) is 18.2 Å². The van der Waals surface area contributed by atoms with Crippen molar-refractivity contribution in [2.24, 2.45) is 5.92 Å². The van der Waals surface area contributed by atoms with Gasteiger partial charge in [0.15, 0.2) is 11.6 Å². The predicted octanol–water partition coefficient (Wildman–Crippen LogP) is 7.60. The van der Waals surface area contributed by atoms with Crippen LogP contribution in [0.15, 0.2) is 121 Å². The van der Waals surface area contributed by atoms with Crippen molar-refractivity contribution >= 4 is 41.4 Å². The van der Waals surface area contributed by atoms with Crippen molar-refractivity contribution < 1.29 is 58.0 Å². The molecule has 0 bridgehead atoms. The molecule has 6 atom stereocenters. The Morgan fingerprint density at radius 2 is 1.41 bits per heavy atom. The Hall–Kier alpha value is -9.11. The Kier molecular flexibility index (Phi) is 19.7. The number of aromatic nitrogens is 3. The number of hydrogen-bond acceptors (Lipinski definition) is 14. The van der Waals surface area contributed by atoms with E-state index < -0.39 is 71.4 Å². The van der Waals surface area contributed by atoms with Gasteiger partial charge in [0.25, 0.3) is 11.8 Å². The SMILES string of the molecule is CCNC(=O)c1nnc(-c2cc(C(C)C)c(O)cc2O)n1-c1ccc(OC2CCN(C(=O)Oc3ccc(C(=O)N[C@@H](CCc4ccccc4)C(=O)N[C@H]4CC(C)N([C@@H](Cc5ccccc5)C(=O)N[C@@H](CC(C)C)C(=O)[C@@]5(C)CO5)C4=O)cc3)CC2)cc1. The van der Waals surface area contributed by atoms with Crippen LogP contribution in [0.2, 0.25) is 0 Å². The van der Waals surface area contributed by atoms with Crippen molar-refractivity contribution in [1.29, 1.82) is 0 Å². The number of rotatable bonds is 24. The number of ether oxygens (including phenoxy) is 3. The number of nitrogens with zero attached hydrogens (tertiary/aromatic N) is 5. The molecular weight excluding hydrogens is 1110 g/mol. The Labute approximate surface area is 506 Å². The van der Waals surface area contributed by atoms with Crippen LogP contribution in [0, 0.1) is 5.92 Å². The minimum Gasteiger partial charge on any atom is -0.508 e. The fourth-order valence-electron chi connectivity index (χ4n) is 11.2. The summed E-state index contributed by atoms with van der Waals surface area (Å²) in [6.45, 7) is 14.4. The molecule has 3 fully saturated rings. The number of nitrogens with one attached hydrogen (secondary N) is 4. The highest BCUT2D eigenvalue weighted by Crippen LogP contribution is 2.39. The standard InChI is InChI=1S/C66H77N9O12/c1-8-67-63(82)59-72-71-58(50-36-49(40(4)5)55(76)37-56(50)77)75(59)45-22-26-46(27-23-45)86-48-29-31-73(32-30-48)65(84)87-47-24-20-44(21-25-47)60(79)68-51(28-19-42-15-11-9-12-16-42)61(80)70-53-34-41(6)74(64(53)83)54(35-43-17-13-10-14-18-43)62(81)69-52(33-39(2)3)57(78)66(7)38-85-66/h9-18,20-27,36-37,39-41,48,51-54,76-77H,8,19,28-35,38H2,1-7H3,(H,67,82)(H,68,79)(H,69,81)(H,70,80)/t41?,51-,52-,53-,54-,66+/m0/s1. The third kappa shape index (κ3) is 15.1. The van der Waals surface area contributed by atoms with Crippen molar-refractivity contribution in [3.63, 3.8) is 0 Å². The highest BCUT2D eigenvalue weighted by molar-refractivity contribution is 6.01. The van der Waals surface area contributed by atoms with Gasteiger partial charge < -0.3 is 55.5 Å². The van der Waals surface area contributed by atoms with E-state index in [-0.39, 0.29) is 89.6 Å². The topological polar surface area (TPSA) is 276 Å². The molecule has 4 heterocycles. The number of likely N-dealkylation sites (tertiary alicyclic amines) is 2. The molecule has 5 aromatic carbocycles. The number of Topliss-reactive ketones (excluding diaryl/α,β-unsaturated/α-hetero) is 1. The van der Waals surface area contributed by atoms with Gasteiger partial charge >= 0.3 is 6.09 Å². The smallest absolute Gasteiger partial charge is 0.415 e. The summed E-state index contributed by atoms with van der Waals surface area (Å²) >= 11 is 0. The van der Waals surface area contributed by atoms with Crippen molar-refractivity contribution in [3.8, 4) is 40.1 Å². The zero-order valence-electron chi connectivity index (χ0n) is 50.2. The Morgan fingerprint density at radius 3 is 2.03 bits per heavy atom. The number of piperidine rings is 1. The van der Waals surface area contributed by atoms with Crippen LogP contribution in [0.1, 0.15) is 124 Å². The van der Waals surface area contributed by atoms with Gasteiger partial charge in [0.2, 0.25) is 23.5 Å². The van der Waals surface area contributed by atoms with Crippen molar-refractivity contribution in [2.45, 2.75) is 141 Å². The molecule has 21 nitrogen and oxygen atoms in total. The van der Waals surface area contributed by atoms with Gasteiger partial charge in [-0.05, 0) is 130 Å². The number of carbonyl (C=O) groups is 7. The van der Waals surface area contributed by atoms with Crippen LogP contribution in [0.25, 0.3) is 17.1 Å². The summed E-state index contributed by atoms with van der Waals surface area (Å²) in [5.74, 6) is -2.10. The summed E-state index contributed by atoms with van der Waals surface area (Å²) in [5, 5.41) is 41.4. The fraction of sp³-hybridized carbons (Fsp3) is 0.409. The zero-order valence-corrected chi connectivity index (χ0v) is 50.2. The monoisotopic (exact) mass is 1190 g/mol. The highest BCUT2D eigenvalue weighted by atomic mass is 16.6.